The van der Waals surface area contributed by atoms with Crippen molar-refractivity contribution < 1.29 is 5.11 Å². The third kappa shape index (κ3) is 3.77. The highest BCUT2D eigenvalue weighted by Gasteiger charge is 2.28. The van der Waals surface area contributed by atoms with Crippen LogP contribution in [0.5, 0.6) is 5.75 Å². The average Bonchev–Trinajstić information content (AvgIpc) is 3.70. The first-order valence-electron chi connectivity index (χ1n) is 13.7. The molecule has 3 aliphatic rings. The molecule has 4 aromatic carbocycles. The van der Waals surface area contributed by atoms with E-state index in [9.17, 15) is 5.11 Å². The lowest BCUT2D eigenvalue weighted by atomic mass is 9.82. The molecule has 0 saturated carbocycles. The number of fused-ring (bicyclic) bond motifs is 2. The SMILES string of the molecule is CC1=CC(C)=C(c2c(O)c3c(c(=C(c4ccccc4)c4ccccc4)c2C2=CC=CC2)=c2ccccc2=C3)C1. The highest BCUT2D eigenvalue weighted by atomic mass is 16.3. The van der Waals surface area contributed by atoms with Crippen molar-refractivity contribution in [1.82, 2.24) is 0 Å². The fraction of sp³-hybridized carbons (Fsp3) is 0.105. The van der Waals surface area contributed by atoms with Gasteiger partial charge in [-0.2, -0.15) is 0 Å². The Morgan fingerprint density at radius 3 is 2.03 bits per heavy atom. The highest BCUT2D eigenvalue weighted by Crippen LogP contribution is 2.44. The number of phenolic OH excluding ortho intramolecular Hbond substituents is 1. The fourth-order valence-electron chi connectivity index (χ4n) is 6.56. The quantitative estimate of drug-likeness (QED) is 0.269. The van der Waals surface area contributed by atoms with E-state index in [1.807, 2.05) is 0 Å². The predicted molar refractivity (Wildman–Crippen MR) is 162 cm³/mol. The smallest absolute Gasteiger partial charge is 0.131 e. The van der Waals surface area contributed by atoms with Gasteiger partial charge < -0.3 is 5.11 Å². The summed E-state index contributed by atoms with van der Waals surface area (Å²) in [4.78, 5) is 0. The van der Waals surface area contributed by atoms with Crippen molar-refractivity contribution in [2.75, 3.05) is 0 Å². The minimum absolute atomic E-state index is 0.394. The van der Waals surface area contributed by atoms with Crippen LogP contribution in [0.15, 0.2) is 120 Å². The molecule has 1 nitrogen and oxygen atoms in total. The Balaban J connectivity index is 1.82. The Hall–Kier alpha value is -4.62. The van der Waals surface area contributed by atoms with E-state index in [1.165, 1.54) is 49.4 Å². The van der Waals surface area contributed by atoms with Crippen molar-refractivity contribution >= 4 is 22.8 Å². The summed E-state index contributed by atoms with van der Waals surface area (Å²) in [5.41, 5.74) is 11.6. The van der Waals surface area contributed by atoms with Gasteiger partial charge in [0.2, 0.25) is 0 Å². The summed E-state index contributed by atoms with van der Waals surface area (Å²) in [5.74, 6) is 0.394. The molecule has 0 spiro atoms. The van der Waals surface area contributed by atoms with Crippen molar-refractivity contribution in [3.8, 4) is 5.75 Å². The minimum Gasteiger partial charge on any atom is -0.507 e. The molecular weight excluding hydrogens is 472 g/mol. The van der Waals surface area contributed by atoms with Crippen LogP contribution in [-0.4, -0.2) is 5.11 Å². The van der Waals surface area contributed by atoms with E-state index >= 15 is 0 Å². The Labute approximate surface area is 229 Å². The van der Waals surface area contributed by atoms with Gasteiger partial charge in [0.25, 0.3) is 0 Å². The first-order valence-corrected chi connectivity index (χ1v) is 13.7. The van der Waals surface area contributed by atoms with Crippen molar-refractivity contribution in [3.63, 3.8) is 0 Å². The molecule has 0 radical (unpaired) electrons. The molecule has 0 saturated heterocycles. The van der Waals surface area contributed by atoms with Crippen molar-refractivity contribution in [2.24, 2.45) is 0 Å². The van der Waals surface area contributed by atoms with Gasteiger partial charge in [-0.3, -0.25) is 0 Å². The van der Waals surface area contributed by atoms with E-state index in [2.05, 4.69) is 129 Å². The molecule has 0 fully saturated rings. The van der Waals surface area contributed by atoms with Crippen LogP contribution in [0.4, 0.5) is 0 Å². The molecule has 0 atom stereocenters. The van der Waals surface area contributed by atoms with Gasteiger partial charge >= 0.3 is 0 Å². The Morgan fingerprint density at radius 2 is 1.41 bits per heavy atom. The monoisotopic (exact) mass is 502 g/mol. The summed E-state index contributed by atoms with van der Waals surface area (Å²) in [7, 11) is 0. The van der Waals surface area contributed by atoms with Gasteiger partial charge in [-0.05, 0) is 87.4 Å². The topological polar surface area (TPSA) is 20.2 Å². The summed E-state index contributed by atoms with van der Waals surface area (Å²) in [6.45, 7) is 4.37. The maximum Gasteiger partial charge on any atom is 0.131 e. The summed E-state index contributed by atoms with van der Waals surface area (Å²) in [6.07, 6.45) is 12.7. The number of rotatable bonds is 4. The maximum atomic E-state index is 12.2. The number of phenols is 1. The number of allylic oxidation sites excluding steroid dienone is 8. The van der Waals surface area contributed by atoms with Gasteiger partial charge in [0, 0.05) is 16.3 Å². The molecule has 0 aliphatic heterocycles. The van der Waals surface area contributed by atoms with E-state index in [-0.39, 0.29) is 0 Å². The van der Waals surface area contributed by atoms with Crippen LogP contribution in [0, 0.1) is 10.4 Å². The lowest BCUT2D eigenvalue weighted by Crippen LogP contribution is -2.21. The molecule has 3 aliphatic carbocycles. The van der Waals surface area contributed by atoms with Crippen LogP contribution in [0.25, 0.3) is 22.8 Å². The standard InChI is InChI=1S/C38H30O/c1-24-21-25(2)31(22-24)36-34(28-17-9-10-18-28)37(35-30-20-12-11-19-29(30)23-32(35)38(36)39)33(26-13-5-3-6-14-26)27-15-7-4-8-16-27/h3-17,19-21,23,39H,18,22H2,1-2H3. The van der Waals surface area contributed by atoms with Gasteiger partial charge in [-0.25, -0.2) is 0 Å². The number of hydrogen-bond acceptors (Lipinski definition) is 1. The van der Waals surface area contributed by atoms with Gasteiger partial charge in [-0.1, -0.05) is 115 Å². The summed E-state index contributed by atoms with van der Waals surface area (Å²) >= 11 is 0. The second kappa shape index (κ2) is 9.29. The second-order valence-corrected chi connectivity index (χ2v) is 10.8. The zero-order valence-electron chi connectivity index (χ0n) is 22.3. The molecular formula is C38H30O. The van der Waals surface area contributed by atoms with Crippen LogP contribution in [0.2, 0.25) is 0 Å². The molecule has 4 aromatic rings. The summed E-state index contributed by atoms with van der Waals surface area (Å²) < 4.78 is 0. The first kappa shape index (κ1) is 23.5. The fourth-order valence-corrected chi connectivity index (χ4v) is 6.56. The van der Waals surface area contributed by atoms with E-state index < -0.39 is 0 Å². The second-order valence-electron chi connectivity index (χ2n) is 10.8. The third-order valence-electron chi connectivity index (χ3n) is 8.20. The zero-order chi connectivity index (χ0) is 26.5. The molecule has 0 bridgehead atoms. The Bertz CT molecular complexity index is 1960. The van der Waals surface area contributed by atoms with E-state index in [0.717, 1.165) is 40.0 Å². The molecule has 0 heterocycles. The number of aromatic hydroxyl groups is 1. The molecule has 0 unspecified atom stereocenters. The van der Waals surface area contributed by atoms with Gasteiger partial charge in [-0.15, -0.1) is 0 Å². The molecule has 1 heteroatoms. The largest absolute Gasteiger partial charge is 0.507 e. The van der Waals surface area contributed by atoms with E-state index in [1.54, 1.807) is 0 Å². The molecule has 0 amide bonds. The Kier molecular flexibility index (Phi) is 5.60. The first-order chi connectivity index (χ1) is 19.1. The lowest BCUT2D eigenvalue weighted by molar-refractivity contribution is 0.471. The Morgan fingerprint density at radius 1 is 0.744 bits per heavy atom. The lowest BCUT2D eigenvalue weighted by Gasteiger charge is -2.21. The average molecular weight is 503 g/mol. The maximum absolute atomic E-state index is 12.2. The molecule has 7 rings (SSSR count). The van der Waals surface area contributed by atoms with Gasteiger partial charge in [0.15, 0.2) is 0 Å². The van der Waals surface area contributed by atoms with Crippen LogP contribution in [0.1, 0.15) is 54.5 Å². The van der Waals surface area contributed by atoms with E-state index in [0.29, 0.717) is 5.75 Å². The molecule has 1 N–H and O–H groups in total. The highest BCUT2D eigenvalue weighted by molar-refractivity contribution is 5.94. The van der Waals surface area contributed by atoms with Crippen molar-refractivity contribution in [2.45, 2.75) is 26.7 Å². The van der Waals surface area contributed by atoms with Crippen molar-refractivity contribution in [1.29, 1.82) is 0 Å². The summed E-state index contributed by atoms with van der Waals surface area (Å²) in [5, 5.41) is 16.8. The molecule has 188 valence electrons. The zero-order valence-corrected chi connectivity index (χ0v) is 22.3. The van der Waals surface area contributed by atoms with Crippen LogP contribution < -0.4 is 10.4 Å². The summed E-state index contributed by atoms with van der Waals surface area (Å²) in [6, 6.07) is 30.0. The number of benzene rings is 4. The van der Waals surface area contributed by atoms with Crippen LogP contribution >= 0.6 is 0 Å². The normalized spacial score (nSPS) is 15.1. The van der Waals surface area contributed by atoms with Gasteiger partial charge in [0.1, 0.15) is 5.75 Å². The van der Waals surface area contributed by atoms with Gasteiger partial charge in [0.05, 0.1) is 0 Å². The molecule has 39 heavy (non-hydrogen) atoms. The van der Waals surface area contributed by atoms with Crippen molar-refractivity contribution in [3.05, 3.63) is 169 Å². The number of hydrogen-bond donors (Lipinski definition) is 1. The van der Waals surface area contributed by atoms with Crippen LogP contribution in [-0.2, 0) is 0 Å². The van der Waals surface area contributed by atoms with E-state index in [4.69, 9.17) is 0 Å². The third-order valence-corrected chi connectivity index (χ3v) is 8.20. The predicted octanol–water partition coefficient (Wildman–Crippen LogP) is 7.54. The van der Waals surface area contributed by atoms with Crippen LogP contribution in [0.3, 0.4) is 0 Å². The molecule has 0 aromatic heterocycles. The minimum atomic E-state index is 0.394.